The van der Waals surface area contributed by atoms with Crippen LogP contribution in [0.5, 0.6) is 0 Å². The normalized spacial score (nSPS) is 15.2. The molecule has 1 aliphatic rings. The lowest BCUT2D eigenvalue weighted by molar-refractivity contribution is 0.111. The smallest absolute Gasteiger partial charge is 0.141 e. The molecule has 1 aliphatic carbocycles. The van der Waals surface area contributed by atoms with Crippen LogP contribution in [-0.2, 0) is 11.3 Å². The summed E-state index contributed by atoms with van der Waals surface area (Å²) in [6.07, 6.45) is 4.26. The average Bonchev–Trinajstić information content (AvgIpc) is 3.02. The number of nitrogen functional groups attached to an aromatic ring is 1. The molecule has 0 aliphatic heterocycles. The Kier molecular flexibility index (Phi) is 2.97. The lowest BCUT2D eigenvalue weighted by Crippen LogP contribution is -2.13. The van der Waals surface area contributed by atoms with Gasteiger partial charge in [-0.15, -0.1) is 0 Å². The Bertz CT molecular complexity index is 361. The third kappa shape index (κ3) is 3.02. The van der Waals surface area contributed by atoms with Gasteiger partial charge in [-0.2, -0.15) is 0 Å². The third-order valence-electron chi connectivity index (χ3n) is 2.42. The van der Waals surface area contributed by atoms with Crippen LogP contribution in [0.25, 0.3) is 0 Å². The molecule has 1 saturated carbocycles. The van der Waals surface area contributed by atoms with Crippen LogP contribution in [0, 0.1) is 11.3 Å². The first-order chi connectivity index (χ1) is 7.25. The molecular formula is C11H15N3O. The minimum Gasteiger partial charge on any atom is -0.382 e. The molecule has 0 unspecified atom stereocenters. The number of ether oxygens (including phenoxy) is 1. The fourth-order valence-electron chi connectivity index (χ4n) is 1.34. The summed E-state index contributed by atoms with van der Waals surface area (Å²) in [6.45, 7) is 1.43. The van der Waals surface area contributed by atoms with Gasteiger partial charge in [-0.05, 0) is 36.5 Å². The number of aromatic nitrogens is 1. The number of nitrogens with two attached hydrogens (primary N) is 1. The highest BCUT2D eigenvalue weighted by Crippen LogP contribution is 2.29. The van der Waals surface area contributed by atoms with Crippen molar-refractivity contribution in [3.63, 3.8) is 0 Å². The fourth-order valence-corrected chi connectivity index (χ4v) is 1.34. The zero-order valence-electron chi connectivity index (χ0n) is 8.57. The van der Waals surface area contributed by atoms with Gasteiger partial charge in [0.2, 0.25) is 0 Å². The van der Waals surface area contributed by atoms with Crippen molar-refractivity contribution in [2.24, 2.45) is 11.7 Å². The Hall–Kier alpha value is -1.42. The van der Waals surface area contributed by atoms with E-state index in [0.717, 1.165) is 18.1 Å². The zero-order chi connectivity index (χ0) is 10.7. The molecule has 80 valence electrons. The van der Waals surface area contributed by atoms with E-state index in [2.05, 4.69) is 4.98 Å². The third-order valence-corrected chi connectivity index (χ3v) is 2.42. The Labute approximate surface area is 89.0 Å². The van der Waals surface area contributed by atoms with Crippen molar-refractivity contribution in [1.82, 2.24) is 4.98 Å². The molecule has 0 atom stereocenters. The first kappa shape index (κ1) is 10.1. The van der Waals surface area contributed by atoms with E-state index in [1.165, 1.54) is 12.8 Å². The highest BCUT2D eigenvalue weighted by molar-refractivity contribution is 5.93. The molecule has 0 aromatic carbocycles. The van der Waals surface area contributed by atoms with Crippen molar-refractivity contribution in [3.8, 4) is 0 Å². The van der Waals surface area contributed by atoms with Crippen LogP contribution in [-0.4, -0.2) is 17.4 Å². The van der Waals surface area contributed by atoms with Crippen LogP contribution >= 0.6 is 0 Å². The Morgan fingerprint density at radius 1 is 1.60 bits per heavy atom. The summed E-state index contributed by atoms with van der Waals surface area (Å²) in [5.41, 5.74) is 6.89. The van der Waals surface area contributed by atoms with Gasteiger partial charge < -0.3 is 10.5 Å². The van der Waals surface area contributed by atoms with Crippen LogP contribution in [0.1, 0.15) is 24.1 Å². The van der Waals surface area contributed by atoms with E-state index in [1.807, 2.05) is 6.07 Å². The standard InChI is InChI=1S/C11H15N3O/c12-11(13)10-5-9(3-4-14-10)7-15-6-8-1-2-8/h3-5,8H,1-2,6-7H2,(H3,12,13). The summed E-state index contributed by atoms with van der Waals surface area (Å²) in [5.74, 6) is 0.776. The number of amidine groups is 1. The molecule has 1 heterocycles. The molecule has 15 heavy (non-hydrogen) atoms. The molecular weight excluding hydrogens is 190 g/mol. The number of nitrogens with zero attached hydrogens (tertiary/aromatic N) is 1. The van der Waals surface area contributed by atoms with Crippen molar-refractivity contribution >= 4 is 5.84 Å². The van der Waals surface area contributed by atoms with E-state index in [9.17, 15) is 0 Å². The maximum absolute atomic E-state index is 7.26. The highest BCUT2D eigenvalue weighted by atomic mass is 16.5. The van der Waals surface area contributed by atoms with Gasteiger partial charge in [0.15, 0.2) is 0 Å². The van der Waals surface area contributed by atoms with Crippen LogP contribution in [0.15, 0.2) is 18.3 Å². The van der Waals surface area contributed by atoms with E-state index >= 15 is 0 Å². The van der Waals surface area contributed by atoms with Crippen molar-refractivity contribution in [3.05, 3.63) is 29.6 Å². The van der Waals surface area contributed by atoms with Crippen molar-refractivity contribution < 1.29 is 4.74 Å². The van der Waals surface area contributed by atoms with Crippen molar-refractivity contribution in [2.75, 3.05) is 6.61 Å². The topological polar surface area (TPSA) is 72.0 Å². The second kappa shape index (κ2) is 4.40. The molecule has 4 heteroatoms. The predicted molar refractivity (Wildman–Crippen MR) is 57.6 cm³/mol. The maximum atomic E-state index is 7.26. The largest absolute Gasteiger partial charge is 0.382 e. The number of pyridine rings is 1. The van der Waals surface area contributed by atoms with Gasteiger partial charge in [-0.25, -0.2) is 0 Å². The molecule has 0 bridgehead atoms. The van der Waals surface area contributed by atoms with Gasteiger partial charge >= 0.3 is 0 Å². The highest BCUT2D eigenvalue weighted by Gasteiger charge is 2.20. The second-order valence-corrected chi connectivity index (χ2v) is 3.92. The molecule has 3 N–H and O–H groups in total. The molecule has 1 aromatic rings. The van der Waals surface area contributed by atoms with Gasteiger partial charge in [-0.3, -0.25) is 10.4 Å². The summed E-state index contributed by atoms with van der Waals surface area (Å²) in [7, 11) is 0. The predicted octanol–water partition coefficient (Wildman–Crippen LogP) is 1.29. The average molecular weight is 205 g/mol. The van der Waals surface area contributed by atoms with E-state index < -0.39 is 0 Å². The van der Waals surface area contributed by atoms with E-state index in [-0.39, 0.29) is 5.84 Å². The summed E-state index contributed by atoms with van der Waals surface area (Å²) in [6, 6.07) is 3.69. The number of rotatable bonds is 5. The molecule has 0 radical (unpaired) electrons. The Morgan fingerprint density at radius 2 is 2.40 bits per heavy atom. The van der Waals surface area contributed by atoms with Gasteiger partial charge in [-0.1, -0.05) is 0 Å². The quantitative estimate of drug-likeness (QED) is 0.562. The summed E-state index contributed by atoms with van der Waals surface area (Å²) in [5, 5.41) is 7.26. The van der Waals surface area contributed by atoms with E-state index in [4.69, 9.17) is 15.9 Å². The molecule has 0 spiro atoms. The number of hydrogen-bond acceptors (Lipinski definition) is 3. The SMILES string of the molecule is N=C(N)c1cc(COCC2CC2)ccn1. The van der Waals surface area contributed by atoms with Gasteiger partial charge in [0.05, 0.1) is 6.61 Å². The summed E-state index contributed by atoms with van der Waals surface area (Å²) in [4.78, 5) is 3.99. The van der Waals surface area contributed by atoms with Crippen LogP contribution in [0.2, 0.25) is 0 Å². The van der Waals surface area contributed by atoms with E-state index in [1.54, 1.807) is 12.3 Å². The molecule has 0 saturated heterocycles. The van der Waals surface area contributed by atoms with Crippen LogP contribution in [0.4, 0.5) is 0 Å². The van der Waals surface area contributed by atoms with Crippen molar-refractivity contribution in [1.29, 1.82) is 5.41 Å². The monoisotopic (exact) mass is 205 g/mol. The summed E-state index contributed by atoms with van der Waals surface area (Å²) < 4.78 is 5.54. The first-order valence-electron chi connectivity index (χ1n) is 5.13. The van der Waals surface area contributed by atoms with Gasteiger partial charge in [0, 0.05) is 12.8 Å². The number of hydrogen-bond donors (Lipinski definition) is 2. The maximum Gasteiger partial charge on any atom is 0.141 e. The zero-order valence-corrected chi connectivity index (χ0v) is 8.57. The lowest BCUT2D eigenvalue weighted by Gasteiger charge is -2.04. The first-order valence-corrected chi connectivity index (χ1v) is 5.13. The minimum absolute atomic E-state index is 0.000886. The molecule has 0 amide bonds. The van der Waals surface area contributed by atoms with Crippen LogP contribution in [0.3, 0.4) is 0 Å². The lowest BCUT2D eigenvalue weighted by atomic mass is 10.2. The molecule has 4 nitrogen and oxygen atoms in total. The Balaban J connectivity index is 1.88. The fraction of sp³-hybridized carbons (Fsp3) is 0.455. The summed E-state index contributed by atoms with van der Waals surface area (Å²) >= 11 is 0. The van der Waals surface area contributed by atoms with Crippen LogP contribution < -0.4 is 5.73 Å². The van der Waals surface area contributed by atoms with Crippen molar-refractivity contribution in [2.45, 2.75) is 19.4 Å². The van der Waals surface area contributed by atoms with Gasteiger partial charge in [0.25, 0.3) is 0 Å². The number of nitrogens with one attached hydrogen (secondary N) is 1. The van der Waals surface area contributed by atoms with Gasteiger partial charge in [0.1, 0.15) is 11.5 Å². The second-order valence-electron chi connectivity index (χ2n) is 3.92. The minimum atomic E-state index is -0.000886. The molecule has 1 aromatic heterocycles. The van der Waals surface area contributed by atoms with E-state index in [0.29, 0.717) is 12.3 Å². The molecule has 1 fully saturated rings. The Morgan fingerprint density at radius 3 is 3.07 bits per heavy atom. The molecule has 2 rings (SSSR count).